The summed E-state index contributed by atoms with van der Waals surface area (Å²) >= 11 is 0. The minimum absolute atomic E-state index is 0.185. The summed E-state index contributed by atoms with van der Waals surface area (Å²) in [4.78, 5) is 0. The number of ether oxygens (including phenoxy) is 1. The fraction of sp³-hybridized carbons (Fsp3) is 1.00. The van der Waals surface area contributed by atoms with Crippen LogP contribution in [0.15, 0.2) is 0 Å². The van der Waals surface area contributed by atoms with E-state index in [1.54, 1.807) is 6.92 Å². The summed E-state index contributed by atoms with van der Waals surface area (Å²) in [5.74, 6) is 0. The van der Waals surface area contributed by atoms with Crippen LogP contribution in [0.3, 0.4) is 0 Å². The van der Waals surface area contributed by atoms with Gasteiger partial charge < -0.3 is 9.84 Å². The van der Waals surface area contributed by atoms with Crippen molar-refractivity contribution >= 4 is 0 Å². The summed E-state index contributed by atoms with van der Waals surface area (Å²) < 4.78 is 4.79. The molecular weight excluding hydrogens is 120 g/mol. The Kier molecular flexibility index (Phi) is 4.67. The van der Waals surface area contributed by atoms with Gasteiger partial charge in [0.25, 0.3) is 0 Å². The number of rotatable bonds is 4. The predicted molar refractivity (Wildman–Crippen MR) is 32.6 cm³/mol. The van der Waals surface area contributed by atoms with E-state index < -0.39 is 12.2 Å². The Labute approximate surface area is 55.3 Å². The topological polar surface area (TPSA) is 49.4 Å². The molecule has 0 aliphatic rings. The lowest BCUT2D eigenvalue weighted by Gasteiger charge is -2.05. The van der Waals surface area contributed by atoms with E-state index in [1.165, 1.54) is 6.92 Å². The Bertz CT molecular complexity index is 53.3. The maximum Gasteiger partial charge on any atom is 0.113 e. The van der Waals surface area contributed by atoms with Crippen LogP contribution < -0.4 is 0 Å². The molecule has 55 valence electrons. The van der Waals surface area contributed by atoms with Gasteiger partial charge in [0.2, 0.25) is 0 Å². The zero-order valence-corrected chi connectivity index (χ0v) is 5.83. The molecule has 2 atom stereocenters. The van der Waals surface area contributed by atoms with E-state index in [0.717, 1.165) is 0 Å². The van der Waals surface area contributed by atoms with Crippen LogP contribution in [-0.2, 0) is 9.84 Å². The second kappa shape index (κ2) is 4.73. The summed E-state index contributed by atoms with van der Waals surface area (Å²) in [6.07, 6.45) is -1.16. The molecule has 1 N–H and O–H groups in total. The minimum Gasteiger partial charge on any atom is -0.391 e. The number of aliphatic hydroxyl groups is 1. The third-order valence-electron chi connectivity index (χ3n) is 0.712. The van der Waals surface area contributed by atoms with Crippen LogP contribution in [0.2, 0.25) is 0 Å². The number of hydrogen-bond acceptors (Lipinski definition) is 2. The fourth-order valence-electron chi connectivity index (χ4n) is 0.405. The third kappa shape index (κ3) is 7.88. The number of hydrogen-bond donors (Lipinski definition) is 1. The molecule has 2 unspecified atom stereocenters. The maximum absolute atomic E-state index is 10.3. The van der Waals surface area contributed by atoms with Gasteiger partial charge in [0.05, 0.1) is 19.3 Å². The van der Waals surface area contributed by atoms with Gasteiger partial charge in [0.1, 0.15) is 6.10 Å². The van der Waals surface area contributed by atoms with Gasteiger partial charge in [-0.15, -0.1) is 0 Å². The van der Waals surface area contributed by atoms with Crippen molar-refractivity contribution in [2.45, 2.75) is 26.1 Å². The van der Waals surface area contributed by atoms with Crippen LogP contribution in [-0.4, -0.2) is 30.5 Å². The zero-order valence-electron chi connectivity index (χ0n) is 5.83. The summed E-state index contributed by atoms with van der Waals surface area (Å²) in [5, 5.41) is 18.9. The van der Waals surface area contributed by atoms with Crippen LogP contribution in [0.5, 0.6) is 0 Å². The molecule has 0 spiro atoms. The Balaban J connectivity index is 2.91. The smallest absolute Gasteiger partial charge is 0.113 e. The Hall–Kier alpha value is -0.120. The van der Waals surface area contributed by atoms with Crippen LogP contribution in [0.1, 0.15) is 13.8 Å². The van der Waals surface area contributed by atoms with Crippen LogP contribution in [0.25, 0.3) is 0 Å². The maximum atomic E-state index is 10.3. The molecule has 0 aromatic heterocycles. The van der Waals surface area contributed by atoms with E-state index in [-0.39, 0.29) is 13.2 Å². The summed E-state index contributed by atoms with van der Waals surface area (Å²) in [6, 6.07) is 0. The standard InChI is InChI=1S/C6H13O3/c1-5(7)3-9-4-6(2)8/h5-7H,3-4H2,1-2H3. The average Bonchev–Trinajstić information content (AvgIpc) is 1.63. The van der Waals surface area contributed by atoms with E-state index in [4.69, 9.17) is 9.84 Å². The first-order chi connectivity index (χ1) is 4.13. The molecule has 0 aliphatic carbocycles. The van der Waals surface area contributed by atoms with Gasteiger partial charge in [-0.3, -0.25) is 0 Å². The van der Waals surface area contributed by atoms with E-state index in [1.807, 2.05) is 0 Å². The van der Waals surface area contributed by atoms with Crippen LogP contribution in [0.4, 0.5) is 0 Å². The lowest BCUT2D eigenvalue weighted by molar-refractivity contribution is -0.0197. The van der Waals surface area contributed by atoms with Crippen molar-refractivity contribution in [1.29, 1.82) is 0 Å². The highest BCUT2D eigenvalue weighted by atomic mass is 16.5. The molecule has 0 heterocycles. The van der Waals surface area contributed by atoms with Gasteiger partial charge in [-0.1, -0.05) is 0 Å². The molecular formula is C6H13O3. The Morgan fingerprint density at radius 3 is 2.33 bits per heavy atom. The van der Waals surface area contributed by atoms with Crippen molar-refractivity contribution in [3.8, 4) is 0 Å². The first kappa shape index (κ1) is 8.88. The molecule has 0 aromatic rings. The van der Waals surface area contributed by atoms with Gasteiger partial charge in [-0.25, -0.2) is 5.11 Å². The van der Waals surface area contributed by atoms with E-state index in [9.17, 15) is 5.11 Å². The molecule has 9 heavy (non-hydrogen) atoms. The van der Waals surface area contributed by atoms with Gasteiger partial charge in [-0.05, 0) is 13.8 Å². The van der Waals surface area contributed by atoms with Crippen LogP contribution >= 0.6 is 0 Å². The molecule has 0 bridgehead atoms. The highest BCUT2D eigenvalue weighted by Gasteiger charge is 1.98. The lowest BCUT2D eigenvalue weighted by Crippen LogP contribution is -2.16. The largest absolute Gasteiger partial charge is 0.391 e. The highest BCUT2D eigenvalue weighted by molar-refractivity contribution is 4.44. The third-order valence-corrected chi connectivity index (χ3v) is 0.712. The highest BCUT2D eigenvalue weighted by Crippen LogP contribution is 1.86. The van der Waals surface area contributed by atoms with Crippen molar-refractivity contribution in [3.63, 3.8) is 0 Å². The van der Waals surface area contributed by atoms with Crippen molar-refractivity contribution < 1.29 is 14.9 Å². The van der Waals surface area contributed by atoms with Gasteiger partial charge >= 0.3 is 0 Å². The molecule has 1 radical (unpaired) electrons. The monoisotopic (exact) mass is 133 g/mol. The van der Waals surface area contributed by atoms with Crippen molar-refractivity contribution in [2.24, 2.45) is 0 Å². The molecule has 0 rings (SSSR count). The average molecular weight is 133 g/mol. The molecule has 0 aliphatic heterocycles. The SMILES string of the molecule is CC([O])COCC(C)O. The summed E-state index contributed by atoms with van der Waals surface area (Å²) in [7, 11) is 0. The lowest BCUT2D eigenvalue weighted by atomic mass is 10.4. The van der Waals surface area contributed by atoms with E-state index >= 15 is 0 Å². The second-order valence-electron chi connectivity index (χ2n) is 2.20. The van der Waals surface area contributed by atoms with Crippen molar-refractivity contribution in [3.05, 3.63) is 0 Å². The molecule has 0 amide bonds. The first-order valence-electron chi connectivity index (χ1n) is 3.04. The minimum atomic E-state index is -0.691. The van der Waals surface area contributed by atoms with Crippen molar-refractivity contribution in [1.82, 2.24) is 0 Å². The quantitative estimate of drug-likeness (QED) is 0.595. The zero-order chi connectivity index (χ0) is 7.28. The Morgan fingerprint density at radius 2 is 2.00 bits per heavy atom. The van der Waals surface area contributed by atoms with Crippen LogP contribution in [0, 0.1) is 0 Å². The predicted octanol–water partition coefficient (Wildman–Crippen LogP) is 0.203. The first-order valence-corrected chi connectivity index (χ1v) is 3.04. The van der Waals surface area contributed by atoms with Gasteiger partial charge in [0, 0.05) is 0 Å². The summed E-state index contributed by atoms with van der Waals surface area (Å²) in [5.41, 5.74) is 0. The summed E-state index contributed by atoms with van der Waals surface area (Å²) in [6.45, 7) is 3.59. The molecule has 0 fully saturated rings. The van der Waals surface area contributed by atoms with Gasteiger partial charge in [-0.2, -0.15) is 0 Å². The fourth-order valence-corrected chi connectivity index (χ4v) is 0.405. The van der Waals surface area contributed by atoms with E-state index in [2.05, 4.69) is 0 Å². The Morgan fingerprint density at radius 1 is 1.44 bits per heavy atom. The molecule has 3 heteroatoms. The molecule has 0 saturated carbocycles. The second-order valence-corrected chi connectivity index (χ2v) is 2.20. The van der Waals surface area contributed by atoms with Gasteiger partial charge in [0.15, 0.2) is 0 Å². The molecule has 3 nitrogen and oxygen atoms in total. The molecule has 0 aromatic carbocycles. The van der Waals surface area contributed by atoms with Crippen molar-refractivity contribution in [2.75, 3.05) is 13.2 Å². The normalized spacial score (nSPS) is 17.3. The molecule has 0 saturated heterocycles. The number of aliphatic hydroxyl groups excluding tert-OH is 1. The van der Waals surface area contributed by atoms with E-state index in [0.29, 0.717) is 0 Å².